The summed E-state index contributed by atoms with van der Waals surface area (Å²) in [6, 6.07) is 3.78. The molecule has 2 aromatic rings. The van der Waals surface area contributed by atoms with E-state index < -0.39 is 6.10 Å². The van der Waals surface area contributed by atoms with Crippen LogP contribution in [0.15, 0.2) is 30.7 Å². The van der Waals surface area contributed by atoms with Crippen LogP contribution in [-0.4, -0.2) is 19.9 Å². The standard InChI is InChI=1S/C12H16N4O/c1-8(2)16-7-9(6-15-16)11(17)10-4-3-5-14-12(10)13/h3-8,11,17H,1-2H3,(H2,13,14). The zero-order valence-electron chi connectivity index (χ0n) is 9.91. The van der Waals surface area contributed by atoms with Gasteiger partial charge in [0, 0.05) is 29.6 Å². The van der Waals surface area contributed by atoms with Crippen LogP contribution >= 0.6 is 0 Å². The summed E-state index contributed by atoms with van der Waals surface area (Å²) in [4.78, 5) is 3.96. The molecule has 0 aliphatic carbocycles. The van der Waals surface area contributed by atoms with E-state index in [9.17, 15) is 5.11 Å². The Morgan fingerprint density at radius 2 is 2.18 bits per heavy atom. The number of hydrogen-bond donors (Lipinski definition) is 2. The highest BCUT2D eigenvalue weighted by molar-refractivity contribution is 5.43. The molecule has 0 aliphatic heterocycles. The summed E-state index contributed by atoms with van der Waals surface area (Å²) in [5.41, 5.74) is 7.06. The Labute approximate surface area is 99.9 Å². The highest BCUT2D eigenvalue weighted by atomic mass is 16.3. The molecule has 17 heavy (non-hydrogen) atoms. The number of nitrogen functional groups attached to an aromatic ring is 1. The Balaban J connectivity index is 2.31. The van der Waals surface area contributed by atoms with E-state index in [1.807, 2.05) is 20.0 Å². The predicted octanol–water partition coefficient (Wildman–Crippen LogP) is 1.52. The fourth-order valence-electron chi connectivity index (χ4n) is 1.62. The van der Waals surface area contributed by atoms with E-state index in [-0.39, 0.29) is 6.04 Å². The molecular formula is C12H16N4O. The molecule has 90 valence electrons. The lowest BCUT2D eigenvalue weighted by Crippen LogP contribution is -2.05. The van der Waals surface area contributed by atoms with Gasteiger partial charge in [0.15, 0.2) is 0 Å². The molecule has 0 aromatic carbocycles. The SMILES string of the molecule is CC(C)n1cc(C(O)c2cccnc2N)cn1. The number of aliphatic hydroxyl groups is 1. The maximum Gasteiger partial charge on any atom is 0.129 e. The largest absolute Gasteiger partial charge is 0.383 e. The predicted molar refractivity (Wildman–Crippen MR) is 65.3 cm³/mol. The normalized spacial score (nSPS) is 12.9. The molecule has 2 heterocycles. The van der Waals surface area contributed by atoms with Gasteiger partial charge in [-0.05, 0) is 19.9 Å². The van der Waals surface area contributed by atoms with Gasteiger partial charge in [-0.1, -0.05) is 6.07 Å². The summed E-state index contributed by atoms with van der Waals surface area (Å²) < 4.78 is 1.80. The molecule has 1 unspecified atom stereocenters. The van der Waals surface area contributed by atoms with Gasteiger partial charge < -0.3 is 10.8 Å². The molecule has 0 fully saturated rings. The van der Waals surface area contributed by atoms with Crippen LogP contribution in [0.3, 0.4) is 0 Å². The average Bonchev–Trinajstić information content (AvgIpc) is 2.78. The summed E-state index contributed by atoms with van der Waals surface area (Å²) in [6.07, 6.45) is 4.29. The summed E-state index contributed by atoms with van der Waals surface area (Å²) in [5.74, 6) is 0.345. The van der Waals surface area contributed by atoms with Gasteiger partial charge in [0.25, 0.3) is 0 Å². The Morgan fingerprint density at radius 3 is 2.76 bits per heavy atom. The topological polar surface area (TPSA) is 77.0 Å². The first-order valence-corrected chi connectivity index (χ1v) is 5.52. The van der Waals surface area contributed by atoms with Crippen LogP contribution in [-0.2, 0) is 0 Å². The lowest BCUT2D eigenvalue weighted by molar-refractivity contribution is 0.220. The summed E-state index contributed by atoms with van der Waals surface area (Å²) >= 11 is 0. The molecule has 0 radical (unpaired) electrons. The minimum Gasteiger partial charge on any atom is -0.383 e. The van der Waals surface area contributed by atoms with Crippen molar-refractivity contribution in [3.8, 4) is 0 Å². The van der Waals surface area contributed by atoms with E-state index >= 15 is 0 Å². The number of rotatable bonds is 3. The van der Waals surface area contributed by atoms with E-state index in [1.54, 1.807) is 29.2 Å². The maximum absolute atomic E-state index is 10.2. The Hall–Kier alpha value is -1.88. The number of aromatic nitrogens is 3. The van der Waals surface area contributed by atoms with Crippen LogP contribution in [0.4, 0.5) is 5.82 Å². The van der Waals surface area contributed by atoms with Crippen molar-refractivity contribution in [1.82, 2.24) is 14.8 Å². The zero-order chi connectivity index (χ0) is 12.4. The third-order valence-electron chi connectivity index (χ3n) is 2.63. The quantitative estimate of drug-likeness (QED) is 0.841. The zero-order valence-corrected chi connectivity index (χ0v) is 9.91. The van der Waals surface area contributed by atoms with Crippen LogP contribution in [0, 0.1) is 0 Å². The van der Waals surface area contributed by atoms with Gasteiger partial charge in [0.05, 0.1) is 6.20 Å². The van der Waals surface area contributed by atoms with Crippen LogP contribution < -0.4 is 5.73 Å². The number of nitrogens with two attached hydrogens (primary N) is 1. The Kier molecular flexibility index (Phi) is 3.10. The van der Waals surface area contributed by atoms with Gasteiger partial charge in [0.1, 0.15) is 11.9 Å². The first-order valence-electron chi connectivity index (χ1n) is 5.52. The monoisotopic (exact) mass is 232 g/mol. The van der Waals surface area contributed by atoms with Gasteiger partial charge >= 0.3 is 0 Å². The first-order chi connectivity index (χ1) is 8.09. The molecule has 5 nitrogen and oxygen atoms in total. The van der Waals surface area contributed by atoms with Crippen molar-refractivity contribution in [3.63, 3.8) is 0 Å². The second kappa shape index (κ2) is 4.55. The van der Waals surface area contributed by atoms with Crippen molar-refractivity contribution in [2.24, 2.45) is 0 Å². The molecule has 0 amide bonds. The Morgan fingerprint density at radius 1 is 1.41 bits per heavy atom. The van der Waals surface area contributed by atoms with Crippen LogP contribution in [0.2, 0.25) is 0 Å². The molecule has 0 saturated carbocycles. The minimum atomic E-state index is -0.781. The van der Waals surface area contributed by atoms with Gasteiger partial charge in [-0.25, -0.2) is 4.98 Å². The number of hydrogen-bond acceptors (Lipinski definition) is 4. The number of pyridine rings is 1. The van der Waals surface area contributed by atoms with E-state index in [0.717, 1.165) is 5.56 Å². The molecule has 0 spiro atoms. The fourth-order valence-corrected chi connectivity index (χ4v) is 1.62. The smallest absolute Gasteiger partial charge is 0.129 e. The van der Waals surface area contributed by atoms with E-state index in [0.29, 0.717) is 11.4 Å². The highest BCUT2D eigenvalue weighted by Crippen LogP contribution is 2.25. The number of aliphatic hydroxyl groups excluding tert-OH is 1. The number of nitrogens with zero attached hydrogens (tertiary/aromatic N) is 3. The highest BCUT2D eigenvalue weighted by Gasteiger charge is 2.16. The van der Waals surface area contributed by atoms with Gasteiger partial charge in [0.2, 0.25) is 0 Å². The summed E-state index contributed by atoms with van der Waals surface area (Å²) in [7, 11) is 0. The second-order valence-electron chi connectivity index (χ2n) is 4.23. The third kappa shape index (κ3) is 2.29. The molecule has 0 bridgehead atoms. The van der Waals surface area contributed by atoms with Crippen molar-refractivity contribution >= 4 is 5.82 Å². The van der Waals surface area contributed by atoms with E-state index in [1.165, 1.54) is 0 Å². The van der Waals surface area contributed by atoms with E-state index in [2.05, 4.69) is 10.1 Å². The summed E-state index contributed by atoms with van der Waals surface area (Å²) in [5, 5.41) is 14.4. The molecule has 1 atom stereocenters. The Bertz CT molecular complexity index is 507. The molecule has 3 N–H and O–H groups in total. The van der Waals surface area contributed by atoms with Crippen molar-refractivity contribution in [3.05, 3.63) is 41.9 Å². The molecule has 5 heteroatoms. The van der Waals surface area contributed by atoms with Crippen molar-refractivity contribution < 1.29 is 5.11 Å². The molecular weight excluding hydrogens is 216 g/mol. The lowest BCUT2D eigenvalue weighted by atomic mass is 10.1. The average molecular weight is 232 g/mol. The molecule has 0 aliphatic rings. The maximum atomic E-state index is 10.2. The van der Waals surface area contributed by atoms with Crippen LogP contribution in [0.25, 0.3) is 0 Å². The van der Waals surface area contributed by atoms with Crippen LogP contribution in [0.5, 0.6) is 0 Å². The molecule has 0 saturated heterocycles. The van der Waals surface area contributed by atoms with Crippen LogP contribution in [0.1, 0.15) is 37.1 Å². The minimum absolute atomic E-state index is 0.266. The van der Waals surface area contributed by atoms with Crippen molar-refractivity contribution in [2.45, 2.75) is 26.0 Å². The fraction of sp³-hybridized carbons (Fsp3) is 0.333. The number of anilines is 1. The van der Waals surface area contributed by atoms with E-state index in [4.69, 9.17) is 5.73 Å². The van der Waals surface area contributed by atoms with Gasteiger partial charge in [-0.15, -0.1) is 0 Å². The second-order valence-corrected chi connectivity index (χ2v) is 4.23. The van der Waals surface area contributed by atoms with Gasteiger partial charge in [-0.2, -0.15) is 5.10 Å². The third-order valence-corrected chi connectivity index (χ3v) is 2.63. The first kappa shape index (κ1) is 11.6. The molecule has 2 rings (SSSR count). The lowest BCUT2D eigenvalue weighted by Gasteiger charge is -2.10. The molecule has 2 aromatic heterocycles. The van der Waals surface area contributed by atoms with Crippen molar-refractivity contribution in [1.29, 1.82) is 0 Å². The van der Waals surface area contributed by atoms with Crippen molar-refractivity contribution in [2.75, 3.05) is 5.73 Å². The summed E-state index contributed by atoms with van der Waals surface area (Å²) in [6.45, 7) is 4.06. The van der Waals surface area contributed by atoms with Gasteiger partial charge in [-0.3, -0.25) is 4.68 Å².